The van der Waals surface area contributed by atoms with Crippen LogP contribution in [-0.4, -0.2) is 78.9 Å². The maximum atomic E-state index is 13.8. The summed E-state index contributed by atoms with van der Waals surface area (Å²) in [4.78, 5) is 31.3. The number of hydrogen-bond donors (Lipinski definition) is 1. The highest BCUT2D eigenvalue weighted by molar-refractivity contribution is 6.00. The van der Waals surface area contributed by atoms with E-state index < -0.39 is 30.5 Å². The average molecular weight is 614 g/mol. The smallest absolute Gasteiger partial charge is 0.455 e. The molecule has 1 aromatic carbocycles. The van der Waals surface area contributed by atoms with Gasteiger partial charge in [-0.15, -0.1) is 0 Å². The normalized spacial score (nSPS) is 17.0. The number of aliphatic carboxylic acids is 1. The molecular weight excluding hydrogens is 577 g/mol. The summed E-state index contributed by atoms with van der Waals surface area (Å²) in [7, 11) is 1.43. The molecule has 13 heteroatoms. The van der Waals surface area contributed by atoms with Crippen LogP contribution in [0.25, 0.3) is 0 Å². The fourth-order valence-corrected chi connectivity index (χ4v) is 5.43. The molecule has 236 valence electrons. The second kappa shape index (κ2) is 13.3. The minimum absolute atomic E-state index is 0.0166. The fraction of sp³-hybridized carbons (Fsp3) is 0.567. The van der Waals surface area contributed by atoms with E-state index in [1.54, 1.807) is 18.3 Å². The van der Waals surface area contributed by atoms with Gasteiger partial charge in [-0.3, -0.25) is 9.59 Å². The van der Waals surface area contributed by atoms with Gasteiger partial charge in [0.1, 0.15) is 5.75 Å². The molecule has 2 heterocycles. The number of hydrogen-bond acceptors (Lipinski definition) is 6. The van der Waals surface area contributed by atoms with Crippen molar-refractivity contribution in [3.8, 4) is 11.6 Å². The summed E-state index contributed by atoms with van der Waals surface area (Å²) in [5, 5.41) is 9.31. The lowest BCUT2D eigenvalue weighted by Crippen LogP contribution is -2.49. The molecule has 0 bridgehead atoms. The molecule has 1 N–H and O–H groups in total. The number of alkyl halides is 5. The van der Waals surface area contributed by atoms with Crippen molar-refractivity contribution in [3.05, 3.63) is 47.7 Å². The first-order valence-corrected chi connectivity index (χ1v) is 14.3. The molecule has 8 nitrogen and oxygen atoms in total. The molecule has 1 aliphatic heterocycles. The predicted octanol–water partition coefficient (Wildman–Crippen LogP) is 6.01. The number of nitrogens with zero attached hydrogens (tertiary/aromatic N) is 3. The van der Waals surface area contributed by atoms with Crippen molar-refractivity contribution < 1.29 is 46.1 Å². The minimum atomic E-state index is -5.78. The lowest BCUT2D eigenvalue weighted by molar-refractivity contribution is -0.284. The van der Waals surface area contributed by atoms with Crippen molar-refractivity contribution in [1.82, 2.24) is 9.88 Å². The predicted molar refractivity (Wildman–Crippen MR) is 148 cm³/mol. The highest BCUT2D eigenvalue weighted by atomic mass is 19.4. The molecule has 1 saturated carbocycles. The van der Waals surface area contributed by atoms with E-state index in [0.717, 1.165) is 18.4 Å². The van der Waals surface area contributed by atoms with Gasteiger partial charge in [0.25, 0.3) is 5.91 Å². The number of rotatable bonds is 13. The maximum absolute atomic E-state index is 13.8. The van der Waals surface area contributed by atoms with Crippen LogP contribution in [0.5, 0.6) is 11.6 Å². The minimum Gasteiger partial charge on any atom is -0.497 e. The molecule has 1 aliphatic carbocycles. The van der Waals surface area contributed by atoms with E-state index in [0.29, 0.717) is 60.7 Å². The zero-order valence-electron chi connectivity index (χ0n) is 24.1. The largest absolute Gasteiger partial charge is 0.497 e. The Hall–Kier alpha value is -3.64. The summed E-state index contributed by atoms with van der Waals surface area (Å²) in [6.45, 7) is 0.593. The van der Waals surface area contributed by atoms with Gasteiger partial charge in [-0.1, -0.05) is 0 Å². The molecule has 1 aromatic heterocycles. The molecule has 1 atom stereocenters. The van der Waals surface area contributed by atoms with E-state index in [1.807, 2.05) is 11.0 Å². The summed E-state index contributed by atoms with van der Waals surface area (Å²) in [6.07, 6.45) is -0.756. The number of ether oxygens (including phenoxy) is 2. The Bertz CT molecular complexity index is 1280. The van der Waals surface area contributed by atoms with Gasteiger partial charge in [0.2, 0.25) is 5.88 Å². The molecule has 1 amide bonds. The van der Waals surface area contributed by atoms with Crippen LogP contribution in [0.4, 0.5) is 27.6 Å². The molecule has 2 aromatic rings. The van der Waals surface area contributed by atoms with Gasteiger partial charge < -0.3 is 24.4 Å². The third-order valence-electron chi connectivity index (χ3n) is 8.10. The van der Waals surface area contributed by atoms with Gasteiger partial charge in [0.15, 0.2) is 0 Å². The van der Waals surface area contributed by atoms with Crippen molar-refractivity contribution >= 4 is 17.6 Å². The Labute approximate surface area is 246 Å². The number of halogens is 5. The molecular formula is C30H36F5N3O5. The Morgan fingerprint density at radius 2 is 1.79 bits per heavy atom. The second-order valence-electron chi connectivity index (χ2n) is 11.1. The zero-order valence-corrected chi connectivity index (χ0v) is 24.1. The Kier molecular flexibility index (Phi) is 10.0. The van der Waals surface area contributed by atoms with Crippen molar-refractivity contribution in [2.45, 2.75) is 57.0 Å². The fourth-order valence-electron chi connectivity index (χ4n) is 5.43. The topological polar surface area (TPSA) is 92.2 Å². The molecule has 1 saturated heterocycles. The van der Waals surface area contributed by atoms with Gasteiger partial charge >= 0.3 is 18.1 Å². The number of carboxylic acids is 1. The van der Waals surface area contributed by atoms with E-state index in [1.165, 1.54) is 26.2 Å². The quantitative estimate of drug-likeness (QED) is 0.277. The number of pyridine rings is 1. The monoisotopic (exact) mass is 613 g/mol. The number of piperidine rings is 1. The molecule has 2 aliphatic rings. The lowest BCUT2D eigenvalue weighted by atomic mass is 9.92. The molecule has 1 unspecified atom stereocenters. The lowest BCUT2D eigenvalue weighted by Gasteiger charge is -2.35. The standard InChI is InChI=1S/C30H36F5N3O5/c1-3-37(18-29(31,32)30(33,34)35)28(41)23-7-6-22(42-2)15-25(23)38-12-9-19(10-13-38)17-43-26-14-21(8-11-36-26)24(16-27(39)40)20-4-5-20/h6-8,11,14-15,19-20,24H,3-5,9-10,12-13,16-18H2,1-2H3,(H,39,40). The van der Waals surface area contributed by atoms with Crippen molar-refractivity contribution in [2.75, 3.05) is 44.8 Å². The first-order chi connectivity index (χ1) is 20.3. The van der Waals surface area contributed by atoms with Gasteiger partial charge in [-0.25, -0.2) is 4.98 Å². The van der Waals surface area contributed by atoms with E-state index in [2.05, 4.69) is 4.98 Å². The number of amides is 1. The molecule has 43 heavy (non-hydrogen) atoms. The number of aromatic nitrogens is 1. The van der Waals surface area contributed by atoms with Crippen molar-refractivity contribution in [2.24, 2.45) is 11.8 Å². The molecule has 2 fully saturated rings. The molecule has 4 rings (SSSR count). The molecule has 0 radical (unpaired) electrons. The molecule has 0 spiro atoms. The summed E-state index contributed by atoms with van der Waals surface area (Å²) < 4.78 is 77.5. The van der Waals surface area contributed by atoms with E-state index >= 15 is 0 Å². The highest BCUT2D eigenvalue weighted by Crippen LogP contribution is 2.45. The third kappa shape index (κ3) is 8.05. The average Bonchev–Trinajstić information content (AvgIpc) is 3.82. The van der Waals surface area contributed by atoms with Crippen LogP contribution >= 0.6 is 0 Å². The second-order valence-corrected chi connectivity index (χ2v) is 11.1. The van der Waals surface area contributed by atoms with Crippen LogP contribution < -0.4 is 14.4 Å². The Morgan fingerprint density at radius 3 is 2.37 bits per heavy atom. The first-order valence-electron chi connectivity index (χ1n) is 14.3. The Balaban J connectivity index is 1.41. The SMILES string of the molecule is CCN(CC(F)(F)C(F)(F)F)C(=O)c1ccc(OC)cc1N1CCC(COc2cc(C(CC(=O)O)C3CC3)ccn2)CC1. The van der Waals surface area contributed by atoms with Crippen molar-refractivity contribution in [3.63, 3.8) is 0 Å². The van der Waals surface area contributed by atoms with E-state index in [4.69, 9.17) is 9.47 Å². The van der Waals surface area contributed by atoms with Crippen LogP contribution in [0.3, 0.4) is 0 Å². The number of benzene rings is 1. The van der Waals surface area contributed by atoms with Crippen LogP contribution in [0.2, 0.25) is 0 Å². The number of carboxylic acid groups (broad SMARTS) is 1. The van der Waals surface area contributed by atoms with Gasteiger partial charge in [0, 0.05) is 38.0 Å². The number of methoxy groups -OCH3 is 1. The van der Waals surface area contributed by atoms with Crippen LogP contribution in [0.15, 0.2) is 36.5 Å². The van der Waals surface area contributed by atoms with Crippen LogP contribution in [0.1, 0.15) is 60.9 Å². The first kappa shape index (κ1) is 32.3. The summed E-state index contributed by atoms with van der Waals surface area (Å²) in [5.74, 6) is -5.55. The number of carbonyl (C=O) groups is 2. The number of anilines is 1. The summed E-state index contributed by atoms with van der Waals surface area (Å²) in [5.41, 5.74) is 1.31. The third-order valence-corrected chi connectivity index (χ3v) is 8.10. The Morgan fingerprint density at radius 1 is 1.09 bits per heavy atom. The summed E-state index contributed by atoms with van der Waals surface area (Å²) >= 11 is 0. The van der Waals surface area contributed by atoms with Gasteiger partial charge in [-0.2, -0.15) is 22.0 Å². The van der Waals surface area contributed by atoms with Gasteiger partial charge in [-0.05, 0) is 74.1 Å². The van der Waals surface area contributed by atoms with E-state index in [-0.39, 0.29) is 30.4 Å². The zero-order chi connectivity index (χ0) is 31.4. The van der Waals surface area contributed by atoms with Crippen molar-refractivity contribution in [1.29, 1.82) is 0 Å². The highest BCUT2D eigenvalue weighted by Gasteiger charge is 2.58. The van der Waals surface area contributed by atoms with E-state index in [9.17, 15) is 36.6 Å². The summed E-state index contributed by atoms with van der Waals surface area (Å²) in [6, 6.07) is 8.07. The van der Waals surface area contributed by atoms with Crippen LogP contribution in [0, 0.1) is 11.8 Å². The van der Waals surface area contributed by atoms with Gasteiger partial charge in [0.05, 0.1) is 37.9 Å². The maximum Gasteiger partial charge on any atom is 0.455 e. The van der Waals surface area contributed by atoms with Crippen LogP contribution in [-0.2, 0) is 4.79 Å². The number of carbonyl (C=O) groups excluding carboxylic acids is 1.